The third-order valence-electron chi connectivity index (χ3n) is 2.53. The van der Waals surface area contributed by atoms with Gasteiger partial charge in [0, 0.05) is 18.2 Å². The van der Waals surface area contributed by atoms with Crippen LogP contribution in [0.3, 0.4) is 0 Å². The van der Waals surface area contributed by atoms with E-state index in [0.717, 1.165) is 17.5 Å². The summed E-state index contributed by atoms with van der Waals surface area (Å²) in [6.45, 7) is 4.73. The largest absolute Gasteiger partial charge is 0.508 e. The number of rotatable bonds is 5. The number of hydrogen-bond donors (Lipinski definition) is 3. The molecule has 1 atom stereocenters. The maximum atomic E-state index is 9.59. The summed E-state index contributed by atoms with van der Waals surface area (Å²) < 4.78 is 0. The Morgan fingerprint density at radius 3 is 2.73 bits per heavy atom. The molecule has 0 bridgehead atoms. The van der Waals surface area contributed by atoms with Gasteiger partial charge in [-0.1, -0.05) is 24.6 Å². The average Bonchev–Trinajstić information content (AvgIpc) is 2.24. The Labute approximate surface area is 90.8 Å². The van der Waals surface area contributed by atoms with Crippen molar-refractivity contribution in [1.29, 1.82) is 0 Å². The van der Waals surface area contributed by atoms with Crippen molar-refractivity contribution in [3.8, 4) is 5.75 Å². The van der Waals surface area contributed by atoms with Crippen molar-refractivity contribution in [3.05, 3.63) is 29.3 Å². The lowest BCUT2D eigenvalue weighted by Gasteiger charge is -2.14. The van der Waals surface area contributed by atoms with Crippen LogP contribution in [0.4, 0.5) is 0 Å². The Bertz CT molecular complexity index is 308. The molecule has 3 nitrogen and oxygen atoms in total. The van der Waals surface area contributed by atoms with E-state index < -0.39 is 0 Å². The number of phenolic OH excluding ortho intramolecular Hbond substituents is 1. The summed E-state index contributed by atoms with van der Waals surface area (Å²) in [5.74, 6) is 0.306. The van der Waals surface area contributed by atoms with Gasteiger partial charge in [0.15, 0.2) is 0 Å². The van der Waals surface area contributed by atoms with Crippen molar-refractivity contribution in [2.75, 3.05) is 6.61 Å². The summed E-state index contributed by atoms with van der Waals surface area (Å²) in [7, 11) is 0. The Balaban J connectivity index is 2.60. The van der Waals surface area contributed by atoms with Crippen LogP contribution in [0.1, 0.15) is 24.5 Å². The quantitative estimate of drug-likeness (QED) is 0.690. The molecule has 0 aliphatic heterocycles. The van der Waals surface area contributed by atoms with E-state index in [-0.39, 0.29) is 12.6 Å². The molecule has 0 radical (unpaired) electrons. The highest BCUT2D eigenvalue weighted by Gasteiger charge is 2.05. The van der Waals surface area contributed by atoms with E-state index >= 15 is 0 Å². The second-order valence-electron chi connectivity index (χ2n) is 3.80. The molecule has 1 rings (SSSR count). The van der Waals surface area contributed by atoms with Gasteiger partial charge in [0.2, 0.25) is 0 Å². The van der Waals surface area contributed by atoms with Crippen LogP contribution in [0, 0.1) is 6.92 Å². The molecule has 3 heteroatoms. The number of aromatic hydroxyl groups is 1. The Morgan fingerprint density at radius 1 is 1.40 bits per heavy atom. The summed E-state index contributed by atoms with van der Waals surface area (Å²) in [5.41, 5.74) is 2.00. The summed E-state index contributed by atoms with van der Waals surface area (Å²) in [6.07, 6.45) is 0.878. The Morgan fingerprint density at radius 2 is 2.13 bits per heavy atom. The van der Waals surface area contributed by atoms with Crippen LogP contribution < -0.4 is 5.32 Å². The summed E-state index contributed by atoms with van der Waals surface area (Å²) in [6, 6.07) is 5.63. The highest BCUT2D eigenvalue weighted by molar-refractivity contribution is 5.35. The van der Waals surface area contributed by atoms with Gasteiger partial charge in [-0.15, -0.1) is 0 Å². The van der Waals surface area contributed by atoms with Crippen LogP contribution in [0.15, 0.2) is 18.2 Å². The van der Waals surface area contributed by atoms with Crippen LogP contribution in [-0.4, -0.2) is 22.9 Å². The van der Waals surface area contributed by atoms with E-state index in [1.165, 1.54) is 0 Å². The maximum absolute atomic E-state index is 9.59. The van der Waals surface area contributed by atoms with E-state index in [1.54, 1.807) is 6.07 Å². The van der Waals surface area contributed by atoms with Gasteiger partial charge in [0.1, 0.15) is 5.75 Å². The van der Waals surface area contributed by atoms with Crippen molar-refractivity contribution in [2.24, 2.45) is 0 Å². The molecule has 0 saturated carbocycles. The first kappa shape index (κ1) is 12.0. The van der Waals surface area contributed by atoms with E-state index in [9.17, 15) is 5.11 Å². The lowest BCUT2D eigenvalue weighted by molar-refractivity contribution is 0.238. The van der Waals surface area contributed by atoms with Gasteiger partial charge in [0.25, 0.3) is 0 Å². The average molecular weight is 209 g/mol. The van der Waals surface area contributed by atoms with Crippen LogP contribution >= 0.6 is 0 Å². The second-order valence-corrected chi connectivity index (χ2v) is 3.80. The molecule has 1 aromatic carbocycles. The normalized spacial score (nSPS) is 12.7. The van der Waals surface area contributed by atoms with Crippen molar-refractivity contribution >= 4 is 0 Å². The monoisotopic (exact) mass is 209 g/mol. The zero-order chi connectivity index (χ0) is 11.3. The minimum absolute atomic E-state index is 0.102. The van der Waals surface area contributed by atoms with Crippen molar-refractivity contribution in [3.63, 3.8) is 0 Å². The number of hydrogen-bond acceptors (Lipinski definition) is 3. The summed E-state index contributed by atoms with van der Waals surface area (Å²) in [5, 5.41) is 21.8. The molecule has 0 unspecified atom stereocenters. The lowest BCUT2D eigenvalue weighted by atomic mass is 10.1. The van der Waals surface area contributed by atoms with E-state index in [4.69, 9.17) is 5.11 Å². The number of phenols is 1. The molecule has 0 aromatic heterocycles. The lowest BCUT2D eigenvalue weighted by Crippen LogP contribution is -2.31. The predicted molar refractivity (Wildman–Crippen MR) is 60.8 cm³/mol. The minimum Gasteiger partial charge on any atom is -0.508 e. The number of benzene rings is 1. The Hall–Kier alpha value is -1.06. The summed E-state index contributed by atoms with van der Waals surface area (Å²) in [4.78, 5) is 0. The summed E-state index contributed by atoms with van der Waals surface area (Å²) >= 11 is 0. The molecule has 3 N–H and O–H groups in total. The fourth-order valence-electron chi connectivity index (χ4n) is 1.45. The molecule has 0 aliphatic rings. The van der Waals surface area contributed by atoms with E-state index in [1.807, 2.05) is 26.0 Å². The topological polar surface area (TPSA) is 52.5 Å². The van der Waals surface area contributed by atoms with Crippen LogP contribution in [0.2, 0.25) is 0 Å². The zero-order valence-electron chi connectivity index (χ0n) is 9.33. The Kier molecular flexibility index (Phi) is 4.59. The fraction of sp³-hybridized carbons (Fsp3) is 0.500. The first-order valence-corrected chi connectivity index (χ1v) is 5.30. The molecular formula is C12H19NO2. The molecule has 15 heavy (non-hydrogen) atoms. The van der Waals surface area contributed by atoms with Gasteiger partial charge in [-0.2, -0.15) is 0 Å². The highest BCUT2D eigenvalue weighted by Crippen LogP contribution is 2.17. The van der Waals surface area contributed by atoms with Crippen LogP contribution in [0.25, 0.3) is 0 Å². The number of aliphatic hydroxyl groups is 1. The van der Waals surface area contributed by atoms with Gasteiger partial charge < -0.3 is 15.5 Å². The first-order valence-electron chi connectivity index (χ1n) is 5.30. The van der Waals surface area contributed by atoms with Gasteiger partial charge >= 0.3 is 0 Å². The molecule has 0 fully saturated rings. The molecule has 0 spiro atoms. The maximum Gasteiger partial charge on any atom is 0.120 e. The number of nitrogens with one attached hydrogen (secondary N) is 1. The minimum atomic E-state index is 0.102. The van der Waals surface area contributed by atoms with Gasteiger partial charge in [-0.3, -0.25) is 0 Å². The highest BCUT2D eigenvalue weighted by atomic mass is 16.3. The molecule has 0 heterocycles. The van der Waals surface area contributed by atoms with Crippen molar-refractivity contribution < 1.29 is 10.2 Å². The third kappa shape index (κ3) is 3.53. The smallest absolute Gasteiger partial charge is 0.120 e. The van der Waals surface area contributed by atoms with Crippen LogP contribution in [-0.2, 0) is 6.54 Å². The van der Waals surface area contributed by atoms with Crippen molar-refractivity contribution in [2.45, 2.75) is 32.9 Å². The molecule has 0 aliphatic carbocycles. The number of aryl methyl sites for hydroxylation is 1. The molecule has 1 aromatic rings. The molecule has 84 valence electrons. The molecular weight excluding hydrogens is 190 g/mol. The van der Waals surface area contributed by atoms with E-state index in [2.05, 4.69) is 5.32 Å². The molecule has 0 amide bonds. The number of aliphatic hydroxyl groups excluding tert-OH is 1. The third-order valence-corrected chi connectivity index (χ3v) is 2.53. The predicted octanol–water partition coefficient (Wildman–Crippen LogP) is 1.56. The first-order chi connectivity index (χ1) is 7.17. The zero-order valence-corrected chi connectivity index (χ0v) is 9.33. The van der Waals surface area contributed by atoms with E-state index in [0.29, 0.717) is 12.3 Å². The van der Waals surface area contributed by atoms with Crippen molar-refractivity contribution in [1.82, 2.24) is 5.32 Å². The van der Waals surface area contributed by atoms with Crippen LogP contribution in [0.5, 0.6) is 5.75 Å². The van der Waals surface area contributed by atoms with Gasteiger partial charge in [-0.05, 0) is 19.4 Å². The van der Waals surface area contributed by atoms with Gasteiger partial charge in [0.05, 0.1) is 6.61 Å². The fourth-order valence-corrected chi connectivity index (χ4v) is 1.45. The van der Waals surface area contributed by atoms with Gasteiger partial charge in [-0.25, -0.2) is 0 Å². The molecule has 0 saturated heterocycles. The standard InChI is InChI=1S/C12H19NO2/c1-3-11(8-14)13-7-10-6-9(2)4-5-12(10)15/h4-6,11,13-15H,3,7-8H2,1-2H3/t11-/m1/s1. The second kappa shape index (κ2) is 5.73. The SMILES string of the molecule is CC[C@H](CO)NCc1cc(C)ccc1O.